The highest BCUT2D eigenvalue weighted by atomic mass is 35.5. The number of nitrogens with zero attached hydrogens (tertiary/aromatic N) is 3. The first-order valence-corrected chi connectivity index (χ1v) is 12.1. The molecule has 0 fully saturated rings. The fourth-order valence-electron chi connectivity index (χ4n) is 4.68. The Balaban J connectivity index is 1.70. The third-order valence-electron chi connectivity index (χ3n) is 6.69. The molecule has 1 aliphatic heterocycles. The van der Waals surface area contributed by atoms with Crippen molar-refractivity contribution in [2.45, 2.75) is 38.8 Å². The SMILES string of the molecule is CC[C@@H](C)Oc1cc2c(cc1OC)CC(=O)N(c1ccc3c(cnn3C)c1)C2c1ccc(Cl)cc1. The molecule has 35 heavy (non-hydrogen) atoms. The van der Waals surface area contributed by atoms with Crippen molar-refractivity contribution in [1.82, 2.24) is 9.78 Å². The number of hydrogen-bond donors (Lipinski definition) is 0. The van der Waals surface area contributed by atoms with Crippen LogP contribution in [0.1, 0.15) is 43.0 Å². The van der Waals surface area contributed by atoms with Gasteiger partial charge in [0.25, 0.3) is 0 Å². The standard InChI is InChI=1S/C28H28ClN3O3/c1-5-17(2)35-26-15-23-19(13-25(26)34-4)14-27(33)32(28(23)18-6-8-21(29)9-7-18)22-10-11-24-20(12-22)16-30-31(24)3/h6-13,15-17,28H,5,14H2,1-4H3/t17-,28?/m1/s1. The molecule has 1 unspecified atom stereocenters. The Morgan fingerprint density at radius 3 is 2.60 bits per heavy atom. The molecule has 2 heterocycles. The summed E-state index contributed by atoms with van der Waals surface area (Å²) in [6.45, 7) is 4.12. The van der Waals surface area contributed by atoms with Gasteiger partial charge in [0.05, 0.1) is 37.4 Å². The summed E-state index contributed by atoms with van der Waals surface area (Å²) in [6, 6.07) is 17.3. The topological polar surface area (TPSA) is 56.6 Å². The maximum Gasteiger partial charge on any atom is 0.232 e. The third-order valence-corrected chi connectivity index (χ3v) is 6.94. The predicted molar refractivity (Wildman–Crippen MR) is 139 cm³/mol. The van der Waals surface area contributed by atoms with Crippen LogP contribution in [0.3, 0.4) is 0 Å². The molecule has 0 saturated heterocycles. The van der Waals surface area contributed by atoms with Gasteiger partial charge in [-0.2, -0.15) is 5.10 Å². The van der Waals surface area contributed by atoms with E-state index in [-0.39, 0.29) is 24.5 Å². The van der Waals surface area contributed by atoms with Crippen LogP contribution in [0, 0.1) is 0 Å². The van der Waals surface area contributed by atoms with E-state index in [1.54, 1.807) is 7.11 Å². The minimum Gasteiger partial charge on any atom is -0.493 e. The number of anilines is 1. The van der Waals surface area contributed by atoms with Gasteiger partial charge in [0.1, 0.15) is 0 Å². The minimum atomic E-state index is -0.345. The molecule has 0 spiro atoms. The van der Waals surface area contributed by atoms with Crippen LogP contribution in [0.15, 0.2) is 60.8 Å². The van der Waals surface area contributed by atoms with Gasteiger partial charge in [-0.25, -0.2) is 0 Å². The van der Waals surface area contributed by atoms with Crippen LogP contribution in [0.25, 0.3) is 10.9 Å². The zero-order chi connectivity index (χ0) is 24.7. The second-order valence-electron chi connectivity index (χ2n) is 8.94. The van der Waals surface area contributed by atoms with E-state index in [9.17, 15) is 4.79 Å². The smallest absolute Gasteiger partial charge is 0.232 e. The van der Waals surface area contributed by atoms with E-state index >= 15 is 0 Å². The lowest BCUT2D eigenvalue weighted by atomic mass is 9.86. The first kappa shape index (κ1) is 23.2. The lowest BCUT2D eigenvalue weighted by Crippen LogP contribution is -2.41. The molecule has 7 heteroatoms. The Hall–Kier alpha value is -3.51. The molecule has 1 aliphatic rings. The fraction of sp³-hybridized carbons (Fsp3) is 0.286. The van der Waals surface area contributed by atoms with Crippen LogP contribution < -0.4 is 14.4 Å². The second kappa shape index (κ2) is 9.27. The zero-order valence-electron chi connectivity index (χ0n) is 20.3. The largest absolute Gasteiger partial charge is 0.493 e. The number of aromatic nitrogens is 2. The highest BCUT2D eigenvalue weighted by Crippen LogP contribution is 2.44. The number of amides is 1. The number of aryl methyl sites for hydroxylation is 1. The Bertz CT molecular complexity index is 1400. The van der Waals surface area contributed by atoms with Crippen LogP contribution in [-0.4, -0.2) is 28.9 Å². The van der Waals surface area contributed by atoms with E-state index in [2.05, 4.69) is 12.0 Å². The Morgan fingerprint density at radius 2 is 1.89 bits per heavy atom. The molecule has 5 rings (SSSR count). The molecule has 0 aliphatic carbocycles. The summed E-state index contributed by atoms with van der Waals surface area (Å²) < 4.78 is 13.7. The summed E-state index contributed by atoms with van der Waals surface area (Å²) in [4.78, 5) is 15.5. The van der Waals surface area contributed by atoms with Crippen molar-refractivity contribution in [1.29, 1.82) is 0 Å². The third kappa shape index (κ3) is 4.23. The van der Waals surface area contributed by atoms with Gasteiger partial charge in [-0.3, -0.25) is 9.48 Å². The number of fused-ring (bicyclic) bond motifs is 2. The highest BCUT2D eigenvalue weighted by molar-refractivity contribution is 6.30. The number of hydrogen-bond acceptors (Lipinski definition) is 4. The fourth-order valence-corrected chi connectivity index (χ4v) is 4.80. The average molecular weight is 490 g/mol. The molecule has 2 atom stereocenters. The number of ether oxygens (including phenoxy) is 2. The van der Waals surface area contributed by atoms with Crippen LogP contribution in [0.2, 0.25) is 5.02 Å². The average Bonchev–Trinajstić information content (AvgIpc) is 3.23. The van der Waals surface area contributed by atoms with E-state index in [0.717, 1.165) is 39.7 Å². The van der Waals surface area contributed by atoms with Gasteiger partial charge in [0.15, 0.2) is 11.5 Å². The van der Waals surface area contributed by atoms with Gasteiger partial charge in [-0.15, -0.1) is 0 Å². The van der Waals surface area contributed by atoms with Crippen molar-refractivity contribution in [3.05, 3.63) is 82.5 Å². The van der Waals surface area contributed by atoms with E-state index < -0.39 is 0 Å². The quantitative estimate of drug-likeness (QED) is 0.329. The number of rotatable bonds is 6. The van der Waals surface area contributed by atoms with Crippen LogP contribution in [0.4, 0.5) is 5.69 Å². The number of methoxy groups -OCH3 is 1. The second-order valence-corrected chi connectivity index (χ2v) is 9.38. The molecule has 0 saturated carbocycles. The van der Waals surface area contributed by atoms with E-state index in [4.69, 9.17) is 21.1 Å². The summed E-state index contributed by atoms with van der Waals surface area (Å²) in [5.41, 5.74) is 4.74. The lowest BCUT2D eigenvalue weighted by molar-refractivity contribution is -0.118. The Labute approximate surface area is 210 Å². The van der Waals surface area contributed by atoms with Crippen molar-refractivity contribution >= 4 is 34.1 Å². The van der Waals surface area contributed by atoms with Gasteiger partial charge in [0.2, 0.25) is 5.91 Å². The number of carbonyl (C=O) groups is 1. The van der Waals surface area contributed by atoms with Gasteiger partial charge < -0.3 is 14.4 Å². The van der Waals surface area contributed by atoms with Gasteiger partial charge in [-0.05, 0) is 72.5 Å². The predicted octanol–water partition coefficient (Wildman–Crippen LogP) is 6.09. The van der Waals surface area contributed by atoms with Gasteiger partial charge in [-0.1, -0.05) is 30.7 Å². The Kier molecular flexibility index (Phi) is 6.15. The van der Waals surface area contributed by atoms with Crippen LogP contribution in [-0.2, 0) is 18.3 Å². The zero-order valence-corrected chi connectivity index (χ0v) is 21.0. The summed E-state index contributed by atoms with van der Waals surface area (Å²) >= 11 is 6.21. The Morgan fingerprint density at radius 1 is 1.11 bits per heavy atom. The molecule has 0 N–H and O–H groups in total. The minimum absolute atomic E-state index is 0.0123. The monoisotopic (exact) mass is 489 g/mol. The number of carbonyl (C=O) groups excluding carboxylic acids is 1. The number of halogens is 1. The van der Waals surface area contributed by atoms with E-state index in [0.29, 0.717) is 16.5 Å². The summed E-state index contributed by atoms with van der Waals surface area (Å²) in [5.74, 6) is 1.33. The highest BCUT2D eigenvalue weighted by Gasteiger charge is 2.36. The molecule has 1 aromatic heterocycles. The first-order valence-electron chi connectivity index (χ1n) is 11.8. The maximum atomic E-state index is 13.7. The normalized spacial score (nSPS) is 16.3. The van der Waals surface area contributed by atoms with E-state index in [1.807, 2.05) is 84.3 Å². The van der Waals surface area contributed by atoms with Crippen molar-refractivity contribution < 1.29 is 14.3 Å². The molecule has 180 valence electrons. The molecule has 1 amide bonds. The molecule has 3 aromatic carbocycles. The maximum absolute atomic E-state index is 13.7. The molecule has 4 aromatic rings. The van der Waals surface area contributed by atoms with Crippen molar-refractivity contribution in [3.8, 4) is 11.5 Å². The van der Waals surface area contributed by atoms with Gasteiger partial charge >= 0.3 is 0 Å². The molecular formula is C28H28ClN3O3. The summed E-state index contributed by atoms with van der Waals surface area (Å²) in [6.07, 6.45) is 2.99. The van der Waals surface area contributed by atoms with Crippen molar-refractivity contribution in [2.75, 3.05) is 12.0 Å². The number of benzene rings is 3. The molecule has 0 radical (unpaired) electrons. The van der Waals surface area contributed by atoms with Gasteiger partial charge in [0, 0.05) is 23.1 Å². The van der Waals surface area contributed by atoms with Crippen LogP contribution >= 0.6 is 11.6 Å². The molecule has 6 nitrogen and oxygen atoms in total. The van der Waals surface area contributed by atoms with Crippen molar-refractivity contribution in [2.24, 2.45) is 7.05 Å². The molecule has 0 bridgehead atoms. The molecular weight excluding hydrogens is 462 g/mol. The van der Waals surface area contributed by atoms with Crippen molar-refractivity contribution in [3.63, 3.8) is 0 Å². The summed E-state index contributed by atoms with van der Waals surface area (Å²) in [5, 5.41) is 5.99. The van der Waals surface area contributed by atoms with E-state index in [1.165, 1.54) is 0 Å². The lowest BCUT2D eigenvalue weighted by Gasteiger charge is -2.38. The summed E-state index contributed by atoms with van der Waals surface area (Å²) in [7, 11) is 3.54. The van der Waals surface area contributed by atoms with Crippen LogP contribution in [0.5, 0.6) is 11.5 Å². The first-order chi connectivity index (χ1) is 16.9.